The van der Waals surface area contributed by atoms with E-state index in [0.717, 1.165) is 17.1 Å². The van der Waals surface area contributed by atoms with Gasteiger partial charge in [-0.25, -0.2) is 4.98 Å². The summed E-state index contributed by atoms with van der Waals surface area (Å²) in [5, 5.41) is 2.73. The SMILES string of the molecule is Cc1ncn(-c2ccc(NC(=O)c3coc(C(N)=O)c3)cc2)c1C. The summed E-state index contributed by atoms with van der Waals surface area (Å²) in [5.74, 6) is -1.15. The highest BCUT2D eigenvalue weighted by Crippen LogP contribution is 2.17. The van der Waals surface area contributed by atoms with Crippen LogP contribution in [0.2, 0.25) is 0 Å². The van der Waals surface area contributed by atoms with Crippen LogP contribution in [0.4, 0.5) is 5.69 Å². The number of hydrogen-bond acceptors (Lipinski definition) is 4. The quantitative estimate of drug-likeness (QED) is 0.769. The molecule has 7 heteroatoms. The second-order valence-electron chi connectivity index (χ2n) is 5.35. The molecule has 0 saturated carbocycles. The van der Waals surface area contributed by atoms with Crippen LogP contribution in [0.1, 0.15) is 32.3 Å². The molecule has 2 heterocycles. The number of aryl methyl sites for hydroxylation is 1. The van der Waals surface area contributed by atoms with Crippen molar-refractivity contribution in [3.63, 3.8) is 0 Å². The van der Waals surface area contributed by atoms with Crippen molar-refractivity contribution < 1.29 is 14.0 Å². The maximum Gasteiger partial charge on any atom is 0.284 e. The number of imidazole rings is 1. The van der Waals surface area contributed by atoms with Gasteiger partial charge in [0.15, 0.2) is 5.76 Å². The second kappa shape index (κ2) is 6.04. The van der Waals surface area contributed by atoms with E-state index < -0.39 is 5.91 Å². The second-order valence-corrected chi connectivity index (χ2v) is 5.35. The molecule has 0 radical (unpaired) electrons. The fourth-order valence-electron chi connectivity index (χ4n) is 2.25. The average molecular weight is 324 g/mol. The van der Waals surface area contributed by atoms with Crippen molar-refractivity contribution in [1.29, 1.82) is 0 Å². The maximum atomic E-state index is 12.1. The third-order valence-corrected chi connectivity index (χ3v) is 3.76. The number of aromatic nitrogens is 2. The minimum Gasteiger partial charge on any atom is -0.458 e. The predicted molar refractivity (Wildman–Crippen MR) is 88.2 cm³/mol. The number of benzene rings is 1. The number of nitrogens with two attached hydrogens (primary N) is 1. The molecule has 2 aromatic heterocycles. The lowest BCUT2D eigenvalue weighted by atomic mass is 10.2. The number of hydrogen-bond donors (Lipinski definition) is 2. The molecule has 0 bridgehead atoms. The van der Waals surface area contributed by atoms with Crippen molar-refractivity contribution in [3.05, 3.63) is 65.6 Å². The van der Waals surface area contributed by atoms with Crippen molar-refractivity contribution in [2.75, 3.05) is 5.32 Å². The molecule has 3 N–H and O–H groups in total. The highest BCUT2D eigenvalue weighted by atomic mass is 16.3. The van der Waals surface area contributed by atoms with Crippen LogP contribution in [-0.2, 0) is 0 Å². The van der Waals surface area contributed by atoms with Crippen LogP contribution in [0.5, 0.6) is 0 Å². The Morgan fingerprint density at radius 2 is 1.92 bits per heavy atom. The molecule has 0 unspecified atom stereocenters. The Labute approximate surface area is 138 Å². The molecule has 3 rings (SSSR count). The summed E-state index contributed by atoms with van der Waals surface area (Å²) < 4.78 is 6.90. The lowest BCUT2D eigenvalue weighted by molar-refractivity contribution is 0.0972. The zero-order valence-electron chi connectivity index (χ0n) is 13.2. The number of carbonyl (C=O) groups is 2. The summed E-state index contributed by atoms with van der Waals surface area (Å²) in [6.45, 7) is 3.94. The summed E-state index contributed by atoms with van der Waals surface area (Å²) >= 11 is 0. The first-order chi connectivity index (χ1) is 11.5. The van der Waals surface area contributed by atoms with Gasteiger partial charge in [-0.15, -0.1) is 0 Å². The number of nitrogens with one attached hydrogen (secondary N) is 1. The molecule has 7 nitrogen and oxygen atoms in total. The van der Waals surface area contributed by atoms with Crippen LogP contribution < -0.4 is 11.1 Å². The number of furan rings is 1. The van der Waals surface area contributed by atoms with Crippen LogP contribution in [-0.4, -0.2) is 21.4 Å². The van der Waals surface area contributed by atoms with Gasteiger partial charge in [0.25, 0.3) is 11.8 Å². The van der Waals surface area contributed by atoms with Crippen molar-refractivity contribution in [1.82, 2.24) is 9.55 Å². The van der Waals surface area contributed by atoms with E-state index in [4.69, 9.17) is 10.2 Å². The smallest absolute Gasteiger partial charge is 0.284 e. The summed E-state index contributed by atoms with van der Waals surface area (Å²) in [6.07, 6.45) is 2.95. The van der Waals surface area contributed by atoms with Gasteiger partial charge in [-0.2, -0.15) is 0 Å². The first-order valence-electron chi connectivity index (χ1n) is 7.26. The number of primary amides is 1. The largest absolute Gasteiger partial charge is 0.458 e. The van der Waals surface area contributed by atoms with E-state index in [-0.39, 0.29) is 17.2 Å². The van der Waals surface area contributed by atoms with Crippen LogP contribution in [0.15, 0.2) is 47.3 Å². The summed E-state index contributed by atoms with van der Waals surface area (Å²) in [5.41, 5.74) is 8.93. The van der Waals surface area contributed by atoms with Crippen LogP contribution in [0, 0.1) is 13.8 Å². The van der Waals surface area contributed by atoms with Gasteiger partial charge in [0.1, 0.15) is 6.26 Å². The van der Waals surface area contributed by atoms with E-state index in [1.807, 2.05) is 30.5 Å². The molecule has 0 aliphatic rings. The third kappa shape index (κ3) is 2.91. The zero-order chi connectivity index (χ0) is 17.3. The summed E-state index contributed by atoms with van der Waals surface area (Å²) in [7, 11) is 0. The lowest BCUT2D eigenvalue weighted by Crippen LogP contribution is -2.12. The summed E-state index contributed by atoms with van der Waals surface area (Å²) in [6, 6.07) is 8.65. The topological polar surface area (TPSA) is 103 Å². The van der Waals surface area contributed by atoms with E-state index in [1.54, 1.807) is 18.5 Å². The Morgan fingerprint density at radius 1 is 1.21 bits per heavy atom. The highest BCUT2D eigenvalue weighted by molar-refractivity contribution is 6.05. The molecule has 2 amide bonds. The molecule has 0 fully saturated rings. The molecule has 0 saturated heterocycles. The number of anilines is 1. The minimum atomic E-state index is -0.718. The Bertz CT molecular complexity index is 906. The third-order valence-electron chi connectivity index (χ3n) is 3.76. The fourth-order valence-corrected chi connectivity index (χ4v) is 2.25. The number of rotatable bonds is 4. The lowest BCUT2D eigenvalue weighted by Gasteiger charge is -2.08. The molecule has 122 valence electrons. The van der Waals surface area contributed by atoms with Crippen molar-refractivity contribution in [3.8, 4) is 5.69 Å². The predicted octanol–water partition coefficient (Wildman–Crippen LogP) is 2.43. The fraction of sp³-hybridized carbons (Fsp3) is 0.118. The Morgan fingerprint density at radius 3 is 2.46 bits per heavy atom. The molecule has 24 heavy (non-hydrogen) atoms. The number of nitrogens with zero attached hydrogens (tertiary/aromatic N) is 2. The maximum absolute atomic E-state index is 12.1. The van der Waals surface area contributed by atoms with Gasteiger partial charge < -0.3 is 20.0 Å². The molecule has 0 spiro atoms. The molecule has 0 aliphatic carbocycles. The van der Waals surface area contributed by atoms with Gasteiger partial charge in [-0.05, 0) is 38.1 Å². The van der Waals surface area contributed by atoms with E-state index in [0.29, 0.717) is 5.69 Å². The van der Waals surface area contributed by atoms with Gasteiger partial charge in [-0.3, -0.25) is 9.59 Å². The summed E-state index contributed by atoms with van der Waals surface area (Å²) in [4.78, 5) is 27.4. The Kier molecular flexibility index (Phi) is 3.91. The first kappa shape index (κ1) is 15.5. The molecule has 0 atom stereocenters. The molecule has 3 aromatic rings. The molecule has 0 aliphatic heterocycles. The van der Waals surface area contributed by atoms with Crippen LogP contribution in [0.3, 0.4) is 0 Å². The molecular formula is C17H16N4O3. The van der Waals surface area contributed by atoms with Gasteiger partial charge in [0, 0.05) is 23.1 Å². The molecule has 1 aromatic carbocycles. The highest BCUT2D eigenvalue weighted by Gasteiger charge is 2.13. The van der Waals surface area contributed by atoms with Crippen molar-refractivity contribution in [2.45, 2.75) is 13.8 Å². The van der Waals surface area contributed by atoms with Gasteiger partial charge in [-0.1, -0.05) is 0 Å². The van der Waals surface area contributed by atoms with Gasteiger partial charge >= 0.3 is 0 Å². The number of carbonyl (C=O) groups excluding carboxylic acids is 2. The Hall–Kier alpha value is -3.35. The van der Waals surface area contributed by atoms with E-state index in [2.05, 4.69) is 10.3 Å². The Balaban J connectivity index is 1.75. The number of amides is 2. The van der Waals surface area contributed by atoms with Crippen LogP contribution in [0.25, 0.3) is 5.69 Å². The first-order valence-corrected chi connectivity index (χ1v) is 7.26. The zero-order valence-corrected chi connectivity index (χ0v) is 13.2. The van der Waals surface area contributed by atoms with Gasteiger partial charge in [0.2, 0.25) is 0 Å². The van der Waals surface area contributed by atoms with Crippen molar-refractivity contribution in [2.24, 2.45) is 5.73 Å². The van der Waals surface area contributed by atoms with E-state index in [1.165, 1.54) is 12.3 Å². The van der Waals surface area contributed by atoms with Crippen LogP contribution >= 0.6 is 0 Å². The van der Waals surface area contributed by atoms with Crippen molar-refractivity contribution >= 4 is 17.5 Å². The standard InChI is InChI=1S/C17H16N4O3/c1-10-11(2)21(9-19-10)14-5-3-13(4-6-14)20-17(23)12-7-15(16(18)22)24-8-12/h3-9H,1-2H3,(H2,18,22)(H,20,23). The minimum absolute atomic E-state index is 0.0542. The monoisotopic (exact) mass is 324 g/mol. The van der Waals surface area contributed by atoms with E-state index in [9.17, 15) is 9.59 Å². The average Bonchev–Trinajstić information content (AvgIpc) is 3.17. The van der Waals surface area contributed by atoms with E-state index >= 15 is 0 Å². The normalized spacial score (nSPS) is 10.6. The van der Waals surface area contributed by atoms with Gasteiger partial charge in [0.05, 0.1) is 17.6 Å². The molecular weight excluding hydrogens is 308 g/mol.